The van der Waals surface area contributed by atoms with E-state index in [-0.39, 0.29) is 5.41 Å². The van der Waals surface area contributed by atoms with Crippen LogP contribution in [0.4, 0.5) is 5.69 Å². The summed E-state index contributed by atoms with van der Waals surface area (Å²) in [6.45, 7) is 9.73. The molecule has 2 aromatic carbocycles. The van der Waals surface area contributed by atoms with Gasteiger partial charge in [0.05, 0.1) is 19.3 Å². The van der Waals surface area contributed by atoms with Crippen LogP contribution in [-0.2, 0) is 0 Å². The standard InChI is InChI=1S/C23H29ClN2O3/c1-23(2)15-28-21-7-6-17(12-22(21)29-16-23)20(27)14-25-8-10-26(11-9-25)19-5-3-4-18(24)13-19/h3-7,12-13,20,27H,8-11,14-16H2,1-2H3. The van der Waals surface area contributed by atoms with Crippen LogP contribution >= 0.6 is 11.6 Å². The SMILES string of the molecule is CC1(C)COc2ccc(C(O)CN3CCN(c4cccc(Cl)c4)CC3)cc2OC1. The number of halogens is 1. The summed E-state index contributed by atoms with van der Waals surface area (Å²) >= 11 is 6.12. The highest BCUT2D eigenvalue weighted by atomic mass is 35.5. The average molecular weight is 417 g/mol. The first kappa shape index (κ1) is 20.3. The zero-order valence-electron chi connectivity index (χ0n) is 17.1. The fraction of sp³-hybridized carbons (Fsp3) is 0.478. The number of aliphatic hydroxyl groups excluding tert-OH is 1. The minimum atomic E-state index is -0.558. The van der Waals surface area contributed by atoms with Gasteiger partial charge in [-0.05, 0) is 35.9 Å². The van der Waals surface area contributed by atoms with Gasteiger partial charge in [0.15, 0.2) is 11.5 Å². The third-order valence-corrected chi connectivity index (χ3v) is 5.80. The van der Waals surface area contributed by atoms with Crippen LogP contribution in [-0.4, -0.2) is 55.9 Å². The summed E-state index contributed by atoms with van der Waals surface area (Å²) in [5.41, 5.74) is 1.99. The molecule has 0 radical (unpaired) electrons. The molecule has 5 nitrogen and oxygen atoms in total. The highest BCUT2D eigenvalue weighted by Gasteiger charge is 2.26. The lowest BCUT2D eigenvalue weighted by molar-refractivity contribution is 0.109. The van der Waals surface area contributed by atoms with Gasteiger partial charge in [0.2, 0.25) is 0 Å². The zero-order chi connectivity index (χ0) is 20.4. The van der Waals surface area contributed by atoms with Gasteiger partial charge in [0, 0.05) is 48.8 Å². The van der Waals surface area contributed by atoms with Gasteiger partial charge < -0.3 is 19.5 Å². The predicted molar refractivity (Wildman–Crippen MR) is 116 cm³/mol. The maximum absolute atomic E-state index is 10.8. The molecule has 2 aliphatic rings. The van der Waals surface area contributed by atoms with E-state index in [4.69, 9.17) is 21.1 Å². The van der Waals surface area contributed by atoms with Crippen LogP contribution in [0.1, 0.15) is 25.5 Å². The Labute approximate surface area is 177 Å². The lowest BCUT2D eigenvalue weighted by atomic mass is 9.97. The van der Waals surface area contributed by atoms with Crippen molar-refractivity contribution in [3.63, 3.8) is 0 Å². The Hall–Kier alpha value is -1.95. The Kier molecular flexibility index (Phi) is 5.91. The van der Waals surface area contributed by atoms with E-state index in [1.165, 1.54) is 0 Å². The largest absolute Gasteiger partial charge is 0.489 e. The van der Waals surface area contributed by atoms with Crippen LogP contribution in [0.2, 0.25) is 5.02 Å². The number of rotatable bonds is 4. The number of benzene rings is 2. The molecule has 0 aromatic heterocycles. The fourth-order valence-electron chi connectivity index (χ4n) is 3.76. The normalized spacial score (nSPS) is 20.2. The Morgan fingerprint density at radius 3 is 2.45 bits per heavy atom. The van der Waals surface area contributed by atoms with Crippen molar-refractivity contribution < 1.29 is 14.6 Å². The van der Waals surface area contributed by atoms with Crippen LogP contribution in [0.25, 0.3) is 0 Å². The highest BCUT2D eigenvalue weighted by Crippen LogP contribution is 2.35. The van der Waals surface area contributed by atoms with E-state index in [1.54, 1.807) is 0 Å². The molecule has 0 spiro atoms. The van der Waals surface area contributed by atoms with Crippen molar-refractivity contribution in [2.24, 2.45) is 5.41 Å². The number of ether oxygens (including phenoxy) is 2. The molecule has 156 valence electrons. The average Bonchev–Trinajstić information content (AvgIpc) is 2.86. The number of piperazine rings is 1. The number of β-amino-alcohol motifs (C(OH)–C–C–N with tert-alkyl or cyclic N) is 1. The first-order valence-corrected chi connectivity index (χ1v) is 10.6. The maximum Gasteiger partial charge on any atom is 0.161 e. The van der Waals surface area contributed by atoms with E-state index in [2.05, 4.69) is 29.7 Å². The van der Waals surface area contributed by atoms with Crippen LogP contribution in [0.3, 0.4) is 0 Å². The second-order valence-corrected chi connectivity index (χ2v) is 9.17. The molecule has 0 aliphatic carbocycles. The second-order valence-electron chi connectivity index (χ2n) is 8.73. The molecule has 4 rings (SSSR count). The molecule has 29 heavy (non-hydrogen) atoms. The molecular formula is C23H29ClN2O3. The van der Waals surface area contributed by atoms with E-state index in [9.17, 15) is 5.11 Å². The van der Waals surface area contributed by atoms with Crippen molar-refractivity contribution >= 4 is 17.3 Å². The van der Waals surface area contributed by atoms with Gasteiger partial charge in [-0.15, -0.1) is 0 Å². The number of nitrogens with zero attached hydrogens (tertiary/aromatic N) is 2. The van der Waals surface area contributed by atoms with Gasteiger partial charge in [-0.3, -0.25) is 4.90 Å². The van der Waals surface area contributed by atoms with E-state index < -0.39 is 6.10 Å². The maximum atomic E-state index is 10.8. The lowest BCUT2D eigenvalue weighted by Crippen LogP contribution is -2.47. The third-order valence-electron chi connectivity index (χ3n) is 5.57. The zero-order valence-corrected chi connectivity index (χ0v) is 17.9. The van der Waals surface area contributed by atoms with Gasteiger partial charge in [0.1, 0.15) is 0 Å². The Balaban J connectivity index is 1.35. The highest BCUT2D eigenvalue weighted by molar-refractivity contribution is 6.30. The molecule has 0 saturated carbocycles. The molecule has 2 heterocycles. The summed E-state index contributed by atoms with van der Waals surface area (Å²) in [6.07, 6.45) is -0.558. The number of aliphatic hydroxyl groups is 1. The third kappa shape index (κ3) is 4.97. The summed E-state index contributed by atoms with van der Waals surface area (Å²) in [7, 11) is 0. The molecule has 2 aromatic rings. The predicted octanol–water partition coefficient (Wildman–Crippen LogP) is 3.99. The molecule has 1 atom stereocenters. The Morgan fingerprint density at radius 2 is 1.72 bits per heavy atom. The van der Waals surface area contributed by atoms with Crippen molar-refractivity contribution in [1.82, 2.24) is 4.90 Å². The van der Waals surface area contributed by atoms with Gasteiger partial charge >= 0.3 is 0 Å². The van der Waals surface area contributed by atoms with Crippen molar-refractivity contribution in [2.75, 3.05) is 50.8 Å². The topological polar surface area (TPSA) is 45.2 Å². The monoisotopic (exact) mass is 416 g/mol. The summed E-state index contributed by atoms with van der Waals surface area (Å²) in [6, 6.07) is 13.7. The van der Waals surface area contributed by atoms with Crippen LogP contribution in [0.15, 0.2) is 42.5 Å². The molecule has 2 aliphatic heterocycles. The van der Waals surface area contributed by atoms with Crippen LogP contribution in [0.5, 0.6) is 11.5 Å². The van der Waals surface area contributed by atoms with Crippen molar-refractivity contribution in [1.29, 1.82) is 0 Å². The Morgan fingerprint density at radius 1 is 1.00 bits per heavy atom. The van der Waals surface area contributed by atoms with Gasteiger partial charge in [-0.25, -0.2) is 0 Å². The quantitative estimate of drug-likeness (QED) is 0.816. The van der Waals surface area contributed by atoms with E-state index in [0.29, 0.717) is 19.8 Å². The molecule has 1 fully saturated rings. The number of hydrogen-bond donors (Lipinski definition) is 1. The van der Waals surface area contributed by atoms with Crippen molar-refractivity contribution in [3.05, 3.63) is 53.1 Å². The lowest BCUT2D eigenvalue weighted by Gasteiger charge is -2.37. The number of anilines is 1. The minimum Gasteiger partial charge on any atom is -0.489 e. The van der Waals surface area contributed by atoms with Crippen LogP contribution in [0, 0.1) is 5.41 Å². The van der Waals surface area contributed by atoms with Crippen LogP contribution < -0.4 is 14.4 Å². The first-order valence-electron chi connectivity index (χ1n) is 10.2. The van der Waals surface area contributed by atoms with Crippen molar-refractivity contribution in [2.45, 2.75) is 20.0 Å². The number of hydrogen-bond acceptors (Lipinski definition) is 5. The van der Waals surface area contributed by atoms with Gasteiger partial charge in [-0.2, -0.15) is 0 Å². The molecule has 0 bridgehead atoms. The van der Waals surface area contributed by atoms with E-state index in [1.807, 2.05) is 36.4 Å². The fourth-order valence-corrected chi connectivity index (χ4v) is 3.95. The summed E-state index contributed by atoms with van der Waals surface area (Å²) < 4.78 is 11.8. The van der Waals surface area contributed by atoms with E-state index >= 15 is 0 Å². The Bertz CT molecular complexity index is 850. The molecule has 1 saturated heterocycles. The second kappa shape index (κ2) is 8.42. The molecule has 1 unspecified atom stereocenters. The molecule has 0 amide bonds. The molecule has 1 N–H and O–H groups in total. The smallest absolute Gasteiger partial charge is 0.161 e. The van der Waals surface area contributed by atoms with Crippen molar-refractivity contribution in [3.8, 4) is 11.5 Å². The van der Waals surface area contributed by atoms with Gasteiger partial charge in [-0.1, -0.05) is 37.6 Å². The minimum absolute atomic E-state index is 0.0273. The first-order chi connectivity index (χ1) is 13.9. The number of fused-ring (bicyclic) bond motifs is 1. The van der Waals surface area contributed by atoms with E-state index in [0.717, 1.165) is 54.0 Å². The summed E-state index contributed by atoms with van der Waals surface area (Å²) in [5.74, 6) is 1.47. The van der Waals surface area contributed by atoms with Gasteiger partial charge in [0.25, 0.3) is 0 Å². The summed E-state index contributed by atoms with van der Waals surface area (Å²) in [4.78, 5) is 4.64. The molecular weight excluding hydrogens is 388 g/mol. The summed E-state index contributed by atoms with van der Waals surface area (Å²) in [5, 5.41) is 11.6. The molecule has 6 heteroatoms.